The number of pyridine rings is 1. The van der Waals surface area contributed by atoms with Crippen molar-refractivity contribution in [1.29, 1.82) is 0 Å². The van der Waals surface area contributed by atoms with Crippen molar-refractivity contribution < 1.29 is 8.42 Å². The highest BCUT2D eigenvalue weighted by molar-refractivity contribution is 9.10. The molecule has 4 rings (SSSR count). The molecule has 1 heterocycles. The minimum Gasteiger partial charge on any atom is -0.284 e. The van der Waals surface area contributed by atoms with Crippen molar-refractivity contribution in [3.63, 3.8) is 0 Å². The molecule has 0 aliphatic carbocycles. The summed E-state index contributed by atoms with van der Waals surface area (Å²) in [4.78, 5) is 4.81. The number of anilines is 1. The predicted octanol–water partition coefficient (Wildman–Crippen LogP) is 5.70. The Balaban J connectivity index is 1.92. The van der Waals surface area contributed by atoms with Crippen molar-refractivity contribution in [3.05, 3.63) is 83.3 Å². The first-order chi connectivity index (χ1) is 13.4. The molecule has 28 heavy (non-hydrogen) atoms. The van der Waals surface area contributed by atoms with Gasteiger partial charge in [-0.25, -0.2) is 13.4 Å². The van der Waals surface area contributed by atoms with E-state index in [1.54, 1.807) is 12.1 Å². The smallest absolute Gasteiger partial charge is 0.229 e. The summed E-state index contributed by atoms with van der Waals surface area (Å²) in [6, 6.07) is 25.5. The number of hydrogen-bond donors (Lipinski definition) is 1. The molecular weight excluding hydrogens is 436 g/mol. The van der Waals surface area contributed by atoms with Crippen LogP contribution in [0.3, 0.4) is 0 Å². The summed E-state index contributed by atoms with van der Waals surface area (Å²) in [5, 5.41) is 1.05. The highest BCUT2D eigenvalue weighted by Crippen LogP contribution is 2.34. The van der Waals surface area contributed by atoms with Crippen molar-refractivity contribution in [2.24, 2.45) is 0 Å². The van der Waals surface area contributed by atoms with Gasteiger partial charge in [-0.15, -0.1) is 0 Å². The fraction of sp³-hybridized carbons (Fsp3) is 0.0455. The molecule has 1 aromatic heterocycles. The lowest BCUT2D eigenvalue weighted by Crippen LogP contribution is -2.09. The summed E-state index contributed by atoms with van der Waals surface area (Å²) in [7, 11) is -3.34. The zero-order valence-corrected chi connectivity index (χ0v) is 17.5. The van der Waals surface area contributed by atoms with Crippen LogP contribution in [0.1, 0.15) is 0 Å². The minimum atomic E-state index is -3.34. The molecule has 0 spiro atoms. The van der Waals surface area contributed by atoms with Gasteiger partial charge in [0.2, 0.25) is 10.0 Å². The van der Waals surface area contributed by atoms with E-state index in [9.17, 15) is 8.42 Å². The average Bonchev–Trinajstić information content (AvgIpc) is 2.67. The van der Waals surface area contributed by atoms with Crippen molar-refractivity contribution in [3.8, 4) is 22.4 Å². The first-order valence-corrected chi connectivity index (χ1v) is 11.3. The van der Waals surface area contributed by atoms with Crippen LogP contribution in [-0.2, 0) is 10.0 Å². The van der Waals surface area contributed by atoms with Gasteiger partial charge < -0.3 is 0 Å². The first-order valence-electron chi connectivity index (χ1n) is 8.63. The highest BCUT2D eigenvalue weighted by Gasteiger charge is 2.11. The molecule has 1 N–H and O–H groups in total. The molecule has 0 bridgehead atoms. The number of benzene rings is 3. The van der Waals surface area contributed by atoms with Crippen LogP contribution < -0.4 is 4.72 Å². The third-order valence-corrected chi connectivity index (χ3v) is 5.42. The van der Waals surface area contributed by atoms with Crippen molar-refractivity contribution in [2.45, 2.75) is 0 Å². The molecule has 0 unspecified atom stereocenters. The van der Waals surface area contributed by atoms with Gasteiger partial charge in [-0.05, 0) is 47.5 Å². The van der Waals surface area contributed by atoms with Crippen LogP contribution in [0.15, 0.2) is 83.3 Å². The quantitative estimate of drug-likeness (QED) is 0.431. The second-order valence-corrected chi connectivity index (χ2v) is 9.20. The summed E-state index contributed by atoms with van der Waals surface area (Å²) in [5.74, 6) is 0. The van der Waals surface area contributed by atoms with E-state index in [0.717, 1.165) is 44.0 Å². The Morgan fingerprint density at radius 1 is 0.857 bits per heavy atom. The molecule has 0 amide bonds. The monoisotopic (exact) mass is 452 g/mol. The molecule has 140 valence electrons. The maximum absolute atomic E-state index is 11.6. The van der Waals surface area contributed by atoms with Crippen LogP contribution in [-0.4, -0.2) is 19.7 Å². The number of rotatable bonds is 4. The van der Waals surface area contributed by atoms with E-state index in [0.29, 0.717) is 5.69 Å². The normalized spacial score (nSPS) is 11.5. The summed E-state index contributed by atoms with van der Waals surface area (Å²) >= 11 is 3.55. The first kappa shape index (κ1) is 18.7. The van der Waals surface area contributed by atoms with E-state index < -0.39 is 10.0 Å². The van der Waals surface area contributed by atoms with Gasteiger partial charge in [-0.2, -0.15) is 0 Å². The molecule has 4 aromatic rings. The molecular formula is C22H17BrN2O2S. The van der Waals surface area contributed by atoms with Crippen LogP contribution in [0.25, 0.3) is 33.3 Å². The number of hydrogen-bond acceptors (Lipinski definition) is 3. The van der Waals surface area contributed by atoms with Gasteiger partial charge in [-0.1, -0.05) is 58.4 Å². The molecule has 4 nitrogen and oxygen atoms in total. The lowest BCUT2D eigenvalue weighted by Gasteiger charge is -2.12. The summed E-state index contributed by atoms with van der Waals surface area (Å²) in [6.45, 7) is 0. The Bertz CT molecular complexity index is 1270. The largest absolute Gasteiger partial charge is 0.284 e. The number of nitrogens with one attached hydrogen (secondary N) is 1. The number of halogens is 1. The Morgan fingerprint density at radius 2 is 1.61 bits per heavy atom. The predicted molar refractivity (Wildman–Crippen MR) is 119 cm³/mol. The van der Waals surface area contributed by atoms with Crippen LogP contribution >= 0.6 is 15.9 Å². The molecule has 0 saturated heterocycles. The Morgan fingerprint density at radius 3 is 2.36 bits per heavy atom. The van der Waals surface area contributed by atoms with Crippen LogP contribution in [0, 0.1) is 0 Å². The molecule has 6 heteroatoms. The van der Waals surface area contributed by atoms with E-state index in [4.69, 9.17) is 4.98 Å². The van der Waals surface area contributed by atoms with Crippen molar-refractivity contribution in [1.82, 2.24) is 4.98 Å². The van der Waals surface area contributed by atoms with E-state index >= 15 is 0 Å². The van der Waals surface area contributed by atoms with Crippen molar-refractivity contribution in [2.75, 3.05) is 11.0 Å². The molecule has 0 fully saturated rings. The fourth-order valence-electron chi connectivity index (χ4n) is 3.16. The minimum absolute atomic E-state index is 0.513. The average molecular weight is 453 g/mol. The fourth-order valence-corrected chi connectivity index (χ4v) is 4.07. The lowest BCUT2D eigenvalue weighted by molar-refractivity contribution is 0.607. The molecule has 0 aliphatic heterocycles. The van der Waals surface area contributed by atoms with Crippen molar-refractivity contribution >= 4 is 42.5 Å². The van der Waals surface area contributed by atoms with E-state index in [1.165, 1.54) is 0 Å². The molecule has 0 aliphatic rings. The number of aromatic nitrogens is 1. The number of fused-ring (bicyclic) bond motifs is 1. The zero-order chi connectivity index (χ0) is 19.7. The number of sulfonamides is 1. The van der Waals surface area contributed by atoms with Crippen LogP contribution in [0.2, 0.25) is 0 Å². The SMILES string of the molecule is CS(=O)(=O)Nc1cccc(-c2cc(-c3ccccc3)c3cc(Br)ccc3n2)c1. The maximum Gasteiger partial charge on any atom is 0.229 e. The maximum atomic E-state index is 11.6. The molecule has 0 saturated carbocycles. The lowest BCUT2D eigenvalue weighted by atomic mass is 9.98. The molecule has 3 aromatic carbocycles. The van der Waals surface area contributed by atoms with E-state index in [-0.39, 0.29) is 0 Å². The summed E-state index contributed by atoms with van der Waals surface area (Å²) < 4.78 is 26.6. The van der Waals surface area contributed by atoms with Gasteiger partial charge in [0.15, 0.2) is 0 Å². The van der Waals surface area contributed by atoms with Gasteiger partial charge in [0.25, 0.3) is 0 Å². The molecule has 0 atom stereocenters. The Hall–Kier alpha value is -2.70. The van der Waals surface area contributed by atoms with Gasteiger partial charge in [0.1, 0.15) is 0 Å². The van der Waals surface area contributed by atoms with Gasteiger partial charge in [0.05, 0.1) is 17.5 Å². The summed E-state index contributed by atoms with van der Waals surface area (Å²) in [6.07, 6.45) is 1.14. The third kappa shape index (κ3) is 4.08. The Kier molecular flexibility index (Phi) is 4.91. The zero-order valence-electron chi connectivity index (χ0n) is 15.1. The highest BCUT2D eigenvalue weighted by atomic mass is 79.9. The van der Waals surface area contributed by atoms with Gasteiger partial charge in [-0.3, -0.25) is 4.72 Å². The number of nitrogens with zero attached hydrogens (tertiary/aromatic N) is 1. The second-order valence-electron chi connectivity index (χ2n) is 6.54. The van der Waals surface area contributed by atoms with Gasteiger partial charge >= 0.3 is 0 Å². The van der Waals surface area contributed by atoms with Crippen LogP contribution in [0.4, 0.5) is 5.69 Å². The van der Waals surface area contributed by atoms with E-state index in [1.807, 2.05) is 48.5 Å². The topological polar surface area (TPSA) is 59.1 Å². The van der Waals surface area contributed by atoms with E-state index in [2.05, 4.69) is 38.9 Å². The second kappa shape index (κ2) is 7.37. The van der Waals surface area contributed by atoms with Crippen LogP contribution in [0.5, 0.6) is 0 Å². The van der Waals surface area contributed by atoms with Gasteiger partial charge in [0, 0.05) is 21.1 Å². The molecule has 0 radical (unpaired) electrons. The third-order valence-electron chi connectivity index (χ3n) is 4.32. The summed E-state index contributed by atoms with van der Waals surface area (Å²) in [5.41, 5.74) is 5.18. The Labute approximate surface area is 172 Å². The standard InChI is InChI=1S/C22H17BrN2O2S/c1-28(26,27)25-18-9-5-8-16(12-18)22-14-19(15-6-3-2-4-7-15)20-13-17(23)10-11-21(20)24-22/h2-14,25H,1H3.